The Morgan fingerprint density at radius 1 is 1.55 bits per heavy atom. The second kappa shape index (κ2) is 6.15. The van der Waals surface area contributed by atoms with Crippen molar-refractivity contribution in [1.29, 1.82) is 0 Å². The molecule has 1 N–H and O–H groups in total. The Kier molecular flexibility index (Phi) is 4.71. The number of hydrogen-bond donors (Lipinski definition) is 1. The van der Waals surface area contributed by atoms with Gasteiger partial charge < -0.3 is 5.32 Å². The summed E-state index contributed by atoms with van der Waals surface area (Å²) in [4.78, 5) is -0.0248. The summed E-state index contributed by atoms with van der Waals surface area (Å²) in [5, 5.41) is 6.69. The highest BCUT2D eigenvalue weighted by molar-refractivity contribution is 7.89. The van der Waals surface area contributed by atoms with Gasteiger partial charge >= 0.3 is 0 Å². The lowest BCUT2D eigenvalue weighted by Gasteiger charge is -2.15. The molecule has 1 aliphatic heterocycles. The van der Waals surface area contributed by atoms with Crippen molar-refractivity contribution in [3.05, 3.63) is 12.4 Å². The second-order valence-electron chi connectivity index (χ2n) is 4.86. The van der Waals surface area contributed by atoms with E-state index in [1.165, 1.54) is 4.31 Å². The van der Waals surface area contributed by atoms with Crippen molar-refractivity contribution < 1.29 is 17.2 Å². The second-order valence-corrected chi connectivity index (χ2v) is 6.80. The molecule has 2 rings (SSSR count). The van der Waals surface area contributed by atoms with E-state index in [9.17, 15) is 17.2 Å². The Bertz CT molecular complexity index is 546. The number of hydrogen-bond acceptors (Lipinski definition) is 4. The summed E-state index contributed by atoms with van der Waals surface area (Å²) >= 11 is 0. The van der Waals surface area contributed by atoms with Crippen LogP contribution in [0.25, 0.3) is 0 Å². The van der Waals surface area contributed by atoms with E-state index in [-0.39, 0.29) is 10.8 Å². The third-order valence-corrected chi connectivity index (χ3v) is 5.13. The van der Waals surface area contributed by atoms with Gasteiger partial charge in [0.2, 0.25) is 10.0 Å². The highest BCUT2D eigenvalue weighted by Crippen LogP contribution is 2.23. The molecule has 1 saturated heterocycles. The fourth-order valence-electron chi connectivity index (χ4n) is 2.34. The van der Waals surface area contributed by atoms with Crippen molar-refractivity contribution >= 4 is 10.0 Å². The van der Waals surface area contributed by atoms with Crippen LogP contribution in [0.2, 0.25) is 0 Å². The number of rotatable bonds is 6. The van der Waals surface area contributed by atoms with Crippen molar-refractivity contribution in [2.75, 3.05) is 26.7 Å². The molecule has 1 aliphatic rings. The van der Waals surface area contributed by atoms with E-state index in [4.69, 9.17) is 0 Å². The van der Waals surface area contributed by atoms with E-state index in [1.807, 2.05) is 7.05 Å². The first-order chi connectivity index (χ1) is 9.43. The molecule has 0 bridgehead atoms. The molecule has 2 heterocycles. The van der Waals surface area contributed by atoms with E-state index < -0.39 is 23.0 Å². The highest BCUT2D eigenvalue weighted by atomic mass is 32.2. The minimum Gasteiger partial charge on any atom is -0.319 e. The van der Waals surface area contributed by atoms with Crippen LogP contribution >= 0.6 is 0 Å². The van der Waals surface area contributed by atoms with Gasteiger partial charge in [0.15, 0.2) is 0 Å². The standard InChI is InChI=1S/C11H18F2N4O2S/c1-14-4-9-2-3-17(6-9)20(18,19)10-5-15-16(7-10)8-11(12)13/h5,7,9,11,14H,2-4,6,8H2,1H3. The van der Waals surface area contributed by atoms with Crippen LogP contribution in [0, 0.1) is 5.92 Å². The molecular formula is C11H18F2N4O2S. The summed E-state index contributed by atoms with van der Waals surface area (Å²) in [5.74, 6) is 0.283. The van der Waals surface area contributed by atoms with Crippen LogP contribution < -0.4 is 5.32 Å². The first-order valence-electron chi connectivity index (χ1n) is 6.39. The van der Waals surface area contributed by atoms with Crippen LogP contribution in [0.15, 0.2) is 17.3 Å². The van der Waals surface area contributed by atoms with Gasteiger partial charge in [-0.1, -0.05) is 0 Å². The van der Waals surface area contributed by atoms with Crippen LogP contribution in [0.4, 0.5) is 8.78 Å². The molecule has 1 atom stereocenters. The van der Waals surface area contributed by atoms with Gasteiger partial charge in [-0.25, -0.2) is 17.2 Å². The summed E-state index contributed by atoms with van der Waals surface area (Å²) in [6.45, 7) is 1.06. The molecule has 114 valence electrons. The Morgan fingerprint density at radius 3 is 2.95 bits per heavy atom. The smallest absolute Gasteiger partial charge is 0.257 e. The van der Waals surface area contributed by atoms with E-state index in [1.54, 1.807) is 0 Å². The van der Waals surface area contributed by atoms with Gasteiger partial charge in [0.05, 0.1) is 6.20 Å². The number of aromatic nitrogens is 2. The molecule has 1 aromatic heterocycles. The Balaban J connectivity index is 2.09. The predicted octanol–water partition coefficient (Wildman–Crippen LogP) is 0.378. The minimum absolute atomic E-state index is 0.0248. The first kappa shape index (κ1) is 15.3. The third-order valence-electron chi connectivity index (χ3n) is 3.31. The zero-order chi connectivity index (χ0) is 14.8. The van der Waals surface area contributed by atoms with Crippen molar-refractivity contribution in [2.24, 2.45) is 5.92 Å². The number of alkyl halides is 2. The van der Waals surface area contributed by atoms with Crippen molar-refractivity contribution in [3.63, 3.8) is 0 Å². The van der Waals surface area contributed by atoms with Crippen LogP contribution in [0.3, 0.4) is 0 Å². The molecule has 0 radical (unpaired) electrons. The SMILES string of the molecule is CNCC1CCN(S(=O)(=O)c2cnn(CC(F)F)c2)C1. The molecule has 6 nitrogen and oxygen atoms in total. The maximum atomic E-state index is 12.3. The van der Waals surface area contributed by atoms with Gasteiger partial charge in [-0.2, -0.15) is 9.40 Å². The van der Waals surface area contributed by atoms with Gasteiger partial charge in [0.25, 0.3) is 6.43 Å². The molecular weight excluding hydrogens is 290 g/mol. The average molecular weight is 308 g/mol. The number of nitrogens with one attached hydrogen (secondary N) is 1. The van der Waals surface area contributed by atoms with Crippen LogP contribution in [-0.4, -0.2) is 55.6 Å². The van der Waals surface area contributed by atoms with Crippen LogP contribution in [0.5, 0.6) is 0 Å². The fourth-order valence-corrected chi connectivity index (χ4v) is 3.83. The molecule has 1 unspecified atom stereocenters. The summed E-state index contributed by atoms with van der Waals surface area (Å²) in [6.07, 6.45) is 0.526. The van der Waals surface area contributed by atoms with Crippen molar-refractivity contribution in [1.82, 2.24) is 19.4 Å². The quantitative estimate of drug-likeness (QED) is 0.825. The highest BCUT2D eigenvalue weighted by Gasteiger charge is 2.33. The van der Waals surface area contributed by atoms with E-state index >= 15 is 0 Å². The zero-order valence-electron chi connectivity index (χ0n) is 11.2. The Hall–Kier alpha value is -1.06. The molecule has 0 aliphatic carbocycles. The molecule has 0 aromatic carbocycles. The Morgan fingerprint density at radius 2 is 2.30 bits per heavy atom. The number of sulfonamides is 1. The lowest BCUT2D eigenvalue weighted by atomic mass is 10.1. The molecule has 1 aromatic rings. The first-order valence-corrected chi connectivity index (χ1v) is 7.83. The fraction of sp³-hybridized carbons (Fsp3) is 0.727. The predicted molar refractivity (Wildman–Crippen MR) is 69.0 cm³/mol. The molecule has 0 amide bonds. The molecule has 0 saturated carbocycles. The molecule has 20 heavy (non-hydrogen) atoms. The van der Waals surface area contributed by atoms with E-state index in [0.717, 1.165) is 30.0 Å². The lowest BCUT2D eigenvalue weighted by molar-refractivity contribution is 0.121. The topological polar surface area (TPSA) is 67.2 Å². The van der Waals surface area contributed by atoms with Gasteiger partial charge in [-0.15, -0.1) is 0 Å². The van der Waals surface area contributed by atoms with E-state index in [0.29, 0.717) is 13.1 Å². The summed E-state index contributed by atoms with van der Waals surface area (Å²) < 4.78 is 51.5. The van der Waals surface area contributed by atoms with Gasteiger partial charge in [0.1, 0.15) is 11.4 Å². The average Bonchev–Trinajstić information content (AvgIpc) is 2.98. The molecule has 1 fully saturated rings. The van der Waals surface area contributed by atoms with Crippen molar-refractivity contribution in [2.45, 2.75) is 24.3 Å². The maximum absolute atomic E-state index is 12.3. The van der Waals surface area contributed by atoms with Crippen LogP contribution in [0.1, 0.15) is 6.42 Å². The maximum Gasteiger partial charge on any atom is 0.257 e. The van der Waals surface area contributed by atoms with Crippen molar-refractivity contribution in [3.8, 4) is 0 Å². The van der Waals surface area contributed by atoms with Gasteiger partial charge in [-0.3, -0.25) is 4.68 Å². The number of nitrogens with zero attached hydrogens (tertiary/aromatic N) is 3. The van der Waals surface area contributed by atoms with Gasteiger partial charge in [-0.05, 0) is 25.9 Å². The zero-order valence-corrected chi connectivity index (χ0v) is 12.0. The van der Waals surface area contributed by atoms with E-state index in [2.05, 4.69) is 10.4 Å². The largest absolute Gasteiger partial charge is 0.319 e. The van der Waals surface area contributed by atoms with Gasteiger partial charge in [0, 0.05) is 19.3 Å². The lowest BCUT2D eigenvalue weighted by Crippen LogP contribution is -2.30. The summed E-state index contributed by atoms with van der Waals surface area (Å²) in [6, 6.07) is 0. The molecule has 9 heteroatoms. The summed E-state index contributed by atoms with van der Waals surface area (Å²) in [7, 11) is -1.80. The Labute approximate surface area is 116 Å². The third kappa shape index (κ3) is 3.33. The summed E-state index contributed by atoms with van der Waals surface area (Å²) in [5.41, 5.74) is 0. The number of halogens is 2. The normalized spacial score (nSPS) is 20.9. The van der Waals surface area contributed by atoms with Crippen LogP contribution in [-0.2, 0) is 16.6 Å². The minimum atomic E-state index is -3.63. The monoisotopic (exact) mass is 308 g/mol. The molecule has 0 spiro atoms.